The van der Waals surface area contributed by atoms with Crippen LogP contribution >= 0.6 is 11.3 Å². The minimum absolute atomic E-state index is 0.439. The third kappa shape index (κ3) is 2.83. The molecule has 0 radical (unpaired) electrons. The predicted octanol–water partition coefficient (Wildman–Crippen LogP) is 2.15. The fraction of sp³-hybridized carbons (Fsp3) is 0.588. The van der Waals surface area contributed by atoms with Crippen molar-refractivity contribution in [2.24, 2.45) is 0 Å². The molecule has 5 rings (SSSR count). The van der Waals surface area contributed by atoms with Crippen LogP contribution in [0.25, 0.3) is 5.65 Å². The molecule has 3 aromatic heterocycles. The van der Waals surface area contributed by atoms with Crippen molar-refractivity contribution in [3.05, 3.63) is 33.2 Å². The molecule has 0 N–H and O–H groups in total. The van der Waals surface area contributed by atoms with Gasteiger partial charge in [0.2, 0.25) is 0 Å². The van der Waals surface area contributed by atoms with Gasteiger partial charge < -0.3 is 0 Å². The summed E-state index contributed by atoms with van der Waals surface area (Å²) in [7, 11) is 0. The number of aromatic nitrogens is 6. The Morgan fingerprint density at radius 2 is 2.00 bits per heavy atom. The van der Waals surface area contributed by atoms with Crippen molar-refractivity contribution >= 4 is 17.0 Å². The fourth-order valence-electron chi connectivity index (χ4n) is 3.99. The molecule has 1 aliphatic carbocycles. The first-order valence-electron chi connectivity index (χ1n) is 9.02. The van der Waals surface area contributed by atoms with Crippen molar-refractivity contribution in [2.45, 2.75) is 51.5 Å². The van der Waals surface area contributed by atoms with Gasteiger partial charge in [0.05, 0.1) is 12.2 Å². The molecule has 8 heteroatoms. The zero-order valence-corrected chi connectivity index (χ0v) is 15.2. The predicted molar refractivity (Wildman–Crippen MR) is 94.7 cm³/mol. The van der Waals surface area contributed by atoms with Gasteiger partial charge in [0, 0.05) is 5.92 Å². The van der Waals surface area contributed by atoms with Crippen LogP contribution in [-0.2, 0) is 19.4 Å². The summed E-state index contributed by atoms with van der Waals surface area (Å²) in [6.45, 7) is 5.03. The summed E-state index contributed by atoms with van der Waals surface area (Å²) in [6.07, 6.45) is 5.61. The van der Waals surface area contributed by atoms with Gasteiger partial charge >= 0.3 is 0 Å². The van der Waals surface area contributed by atoms with Crippen molar-refractivity contribution in [3.63, 3.8) is 0 Å². The van der Waals surface area contributed by atoms with Gasteiger partial charge in [0.25, 0.3) is 0 Å². The minimum Gasteiger partial charge on any atom is -0.297 e. The van der Waals surface area contributed by atoms with Crippen LogP contribution in [0.5, 0.6) is 0 Å². The Bertz CT molecular complexity index is 907. The molecule has 3 aromatic rings. The van der Waals surface area contributed by atoms with Gasteiger partial charge in [-0.05, 0) is 63.7 Å². The number of likely N-dealkylation sites (tertiary alicyclic amines) is 1. The zero-order valence-electron chi connectivity index (χ0n) is 14.4. The molecule has 0 bridgehead atoms. The summed E-state index contributed by atoms with van der Waals surface area (Å²) in [4.78, 5) is 2.46. The van der Waals surface area contributed by atoms with Crippen LogP contribution in [-0.4, -0.2) is 48.0 Å². The summed E-state index contributed by atoms with van der Waals surface area (Å²) in [6, 6.07) is 2.18. The van der Waals surface area contributed by atoms with Crippen molar-refractivity contribution in [3.8, 4) is 0 Å². The molecule has 7 nitrogen and oxygen atoms in total. The highest BCUT2D eigenvalue weighted by molar-refractivity contribution is 7.11. The van der Waals surface area contributed by atoms with Crippen molar-refractivity contribution in [1.29, 1.82) is 0 Å². The van der Waals surface area contributed by atoms with Gasteiger partial charge in [-0.3, -0.25) is 4.90 Å². The largest absolute Gasteiger partial charge is 0.297 e. The lowest BCUT2D eigenvalue weighted by Crippen LogP contribution is -2.33. The average molecular weight is 355 g/mol. The van der Waals surface area contributed by atoms with E-state index in [0.29, 0.717) is 5.92 Å². The fourth-order valence-corrected chi connectivity index (χ4v) is 4.74. The first-order valence-corrected chi connectivity index (χ1v) is 9.83. The molecule has 4 heterocycles. The van der Waals surface area contributed by atoms with Crippen LogP contribution in [0.2, 0.25) is 0 Å². The first kappa shape index (κ1) is 15.3. The summed E-state index contributed by atoms with van der Waals surface area (Å²) in [5.74, 6) is 1.48. The van der Waals surface area contributed by atoms with E-state index in [4.69, 9.17) is 5.10 Å². The zero-order chi connectivity index (χ0) is 16.8. The standard InChI is InChI=1S/C17H21N7S/c1-11-18-20-16(25-11)10-23-7-5-12(6-8-23)17-21-19-15-9-13-3-2-4-14(13)22-24(15)17/h9,12H,2-8,10H2,1H3. The third-order valence-corrected chi connectivity index (χ3v) is 6.15. The van der Waals surface area contributed by atoms with E-state index in [9.17, 15) is 0 Å². The lowest BCUT2D eigenvalue weighted by Gasteiger charge is -2.30. The number of hydrogen-bond donors (Lipinski definition) is 0. The molecule has 130 valence electrons. The van der Waals surface area contributed by atoms with E-state index in [0.717, 1.165) is 66.8 Å². The molecular weight excluding hydrogens is 334 g/mol. The summed E-state index contributed by atoms with van der Waals surface area (Å²) in [5, 5.41) is 24.2. The molecule has 1 fully saturated rings. The van der Waals surface area contributed by atoms with Crippen LogP contribution in [0.3, 0.4) is 0 Å². The van der Waals surface area contributed by atoms with E-state index in [1.54, 1.807) is 11.3 Å². The van der Waals surface area contributed by atoms with Crippen molar-refractivity contribution in [2.75, 3.05) is 13.1 Å². The van der Waals surface area contributed by atoms with Gasteiger partial charge in [-0.2, -0.15) is 9.61 Å². The summed E-state index contributed by atoms with van der Waals surface area (Å²) in [5.41, 5.74) is 3.49. The maximum atomic E-state index is 4.84. The highest BCUT2D eigenvalue weighted by Gasteiger charge is 2.26. The minimum atomic E-state index is 0.439. The smallest absolute Gasteiger partial charge is 0.178 e. The molecule has 0 saturated carbocycles. The molecule has 0 aromatic carbocycles. The van der Waals surface area contributed by atoms with E-state index >= 15 is 0 Å². The van der Waals surface area contributed by atoms with E-state index in [-0.39, 0.29) is 0 Å². The molecule has 0 atom stereocenters. The van der Waals surface area contributed by atoms with E-state index in [1.165, 1.54) is 17.7 Å². The SMILES string of the molecule is Cc1nnc(CN2CCC(c3nnc4cc5c(nn34)CCC5)CC2)s1. The number of aryl methyl sites for hydroxylation is 3. The Balaban J connectivity index is 1.31. The number of piperidine rings is 1. The highest BCUT2D eigenvalue weighted by atomic mass is 32.1. The first-order chi connectivity index (χ1) is 12.3. The van der Waals surface area contributed by atoms with Gasteiger partial charge in [-0.25, -0.2) is 0 Å². The van der Waals surface area contributed by atoms with Gasteiger partial charge in [-0.15, -0.1) is 31.7 Å². The maximum absolute atomic E-state index is 4.84. The number of rotatable bonds is 3. The van der Waals surface area contributed by atoms with Crippen molar-refractivity contribution in [1.82, 2.24) is 34.9 Å². The van der Waals surface area contributed by atoms with Gasteiger partial charge in [-0.1, -0.05) is 0 Å². The van der Waals surface area contributed by atoms with Crippen molar-refractivity contribution < 1.29 is 0 Å². The van der Waals surface area contributed by atoms with Crippen LogP contribution < -0.4 is 0 Å². The van der Waals surface area contributed by atoms with Gasteiger partial charge in [0.1, 0.15) is 10.0 Å². The normalized spacial score (nSPS) is 18.9. The van der Waals surface area contributed by atoms with Crippen LogP contribution in [0.4, 0.5) is 0 Å². The topological polar surface area (TPSA) is 72.1 Å². The lowest BCUT2D eigenvalue weighted by molar-refractivity contribution is 0.200. The average Bonchev–Trinajstić information content (AvgIpc) is 3.33. The van der Waals surface area contributed by atoms with E-state index in [1.807, 2.05) is 11.4 Å². The lowest BCUT2D eigenvalue weighted by atomic mass is 9.96. The molecule has 0 unspecified atom stereocenters. The Kier molecular flexibility index (Phi) is 3.74. The Morgan fingerprint density at radius 3 is 2.80 bits per heavy atom. The molecule has 0 amide bonds. The second-order valence-electron chi connectivity index (χ2n) is 7.06. The van der Waals surface area contributed by atoms with Crippen LogP contribution in [0.15, 0.2) is 6.07 Å². The quantitative estimate of drug-likeness (QED) is 0.717. The molecular formula is C17H21N7S. The molecule has 1 saturated heterocycles. The van der Waals surface area contributed by atoms with E-state index in [2.05, 4.69) is 31.4 Å². The number of hydrogen-bond acceptors (Lipinski definition) is 7. The summed E-state index contributed by atoms with van der Waals surface area (Å²) >= 11 is 1.69. The van der Waals surface area contributed by atoms with E-state index < -0.39 is 0 Å². The Morgan fingerprint density at radius 1 is 1.12 bits per heavy atom. The monoisotopic (exact) mass is 355 g/mol. The second-order valence-corrected chi connectivity index (χ2v) is 8.33. The second kappa shape index (κ2) is 6.10. The molecule has 0 spiro atoms. The number of nitrogens with zero attached hydrogens (tertiary/aromatic N) is 7. The Hall–Kier alpha value is -1.93. The summed E-state index contributed by atoms with van der Waals surface area (Å²) < 4.78 is 2.00. The number of fused-ring (bicyclic) bond motifs is 2. The third-order valence-electron chi connectivity index (χ3n) is 5.32. The van der Waals surface area contributed by atoms with Gasteiger partial charge in [0.15, 0.2) is 11.5 Å². The molecule has 1 aliphatic heterocycles. The van der Waals surface area contributed by atoms with Crippen LogP contribution in [0, 0.1) is 6.92 Å². The Labute approximate surface area is 150 Å². The molecule has 2 aliphatic rings. The highest BCUT2D eigenvalue weighted by Crippen LogP contribution is 2.29. The maximum Gasteiger partial charge on any atom is 0.178 e. The van der Waals surface area contributed by atoms with Crippen LogP contribution in [0.1, 0.15) is 52.3 Å². The molecule has 25 heavy (non-hydrogen) atoms.